The molecule has 0 aromatic rings. The van der Waals surface area contributed by atoms with Crippen LogP contribution in [0.1, 0.15) is 78.6 Å². The average Bonchev–Trinajstić information content (AvgIpc) is 2.31. The first-order chi connectivity index (χ1) is 7.85. The van der Waals surface area contributed by atoms with Crippen LogP contribution in [0.5, 0.6) is 0 Å². The molecule has 0 saturated carbocycles. The Labute approximate surface area is 104 Å². The van der Waals surface area contributed by atoms with Crippen LogP contribution in [0.4, 0.5) is 0 Å². The van der Waals surface area contributed by atoms with Gasteiger partial charge in [-0.3, -0.25) is 0 Å². The standard InChI is InChI=1S/C15H33N/c1-4-7-9-11-13-15-16(6-3)14-12-10-8-5-2/h4-15H2,1-3H3. The van der Waals surface area contributed by atoms with Crippen LogP contribution in [0, 0.1) is 0 Å². The first kappa shape index (κ1) is 16.0. The maximum Gasteiger partial charge on any atom is -0.00189 e. The van der Waals surface area contributed by atoms with Crippen LogP contribution in [0.25, 0.3) is 0 Å². The summed E-state index contributed by atoms with van der Waals surface area (Å²) in [5.41, 5.74) is 0. The number of rotatable bonds is 12. The maximum atomic E-state index is 2.63. The summed E-state index contributed by atoms with van der Waals surface area (Å²) in [7, 11) is 0. The minimum Gasteiger partial charge on any atom is -0.304 e. The molecule has 0 spiro atoms. The molecule has 0 radical (unpaired) electrons. The van der Waals surface area contributed by atoms with Crippen LogP contribution < -0.4 is 0 Å². The van der Waals surface area contributed by atoms with E-state index < -0.39 is 0 Å². The Morgan fingerprint density at radius 3 is 1.44 bits per heavy atom. The predicted molar refractivity (Wildman–Crippen MR) is 75.0 cm³/mol. The molecule has 1 heteroatoms. The SMILES string of the molecule is CCCCCCCN(CC)CCCCCC. The van der Waals surface area contributed by atoms with Gasteiger partial charge in [0.25, 0.3) is 0 Å². The number of unbranched alkanes of at least 4 members (excludes halogenated alkanes) is 7. The Kier molecular flexibility index (Phi) is 13.0. The Hall–Kier alpha value is -0.0400. The highest BCUT2D eigenvalue weighted by atomic mass is 15.1. The number of nitrogens with zero attached hydrogens (tertiary/aromatic N) is 1. The average molecular weight is 227 g/mol. The van der Waals surface area contributed by atoms with Crippen LogP contribution in [0.15, 0.2) is 0 Å². The van der Waals surface area contributed by atoms with Crippen LogP contribution in [0.3, 0.4) is 0 Å². The molecule has 0 atom stereocenters. The molecule has 0 aromatic heterocycles. The Morgan fingerprint density at radius 2 is 1.00 bits per heavy atom. The molecule has 0 rings (SSSR count). The highest BCUT2D eigenvalue weighted by Crippen LogP contribution is 2.06. The molecule has 0 aliphatic carbocycles. The van der Waals surface area contributed by atoms with Gasteiger partial charge in [0.2, 0.25) is 0 Å². The normalized spacial score (nSPS) is 11.2. The van der Waals surface area contributed by atoms with Crippen molar-refractivity contribution in [2.75, 3.05) is 19.6 Å². The lowest BCUT2D eigenvalue weighted by Crippen LogP contribution is -2.25. The van der Waals surface area contributed by atoms with Gasteiger partial charge in [-0.25, -0.2) is 0 Å². The van der Waals surface area contributed by atoms with E-state index in [0.29, 0.717) is 0 Å². The minimum absolute atomic E-state index is 1.24. The molecule has 0 amide bonds. The van der Waals surface area contributed by atoms with Crippen molar-refractivity contribution < 1.29 is 0 Å². The second-order valence-electron chi connectivity index (χ2n) is 4.91. The molecule has 0 aliphatic heterocycles. The molecular formula is C15H33N. The van der Waals surface area contributed by atoms with E-state index in [9.17, 15) is 0 Å². The first-order valence-corrected chi connectivity index (χ1v) is 7.57. The van der Waals surface area contributed by atoms with Gasteiger partial charge in [-0.2, -0.15) is 0 Å². The second kappa shape index (κ2) is 13.0. The van der Waals surface area contributed by atoms with E-state index in [4.69, 9.17) is 0 Å². The van der Waals surface area contributed by atoms with E-state index in [-0.39, 0.29) is 0 Å². The summed E-state index contributed by atoms with van der Waals surface area (Å²) in [6, 6.07) is 0. The van der Waals surface area contributed by atoms with E-state index >= 15 is 0 Å². The lowest BCUT2D eigenvalue weighted by atomic mass is 10.1. The largest absolute Gasteiger partial charge is 0.304 e. The third-order valence-corrected chi connectivity index (χ3v) is 3.35. The summed E-state index contributed by atoms with van der Waals surface area (Å²) in [6.45, 7) is 10.7. The third-order valence-electron chi connectivity index (χ3n) is 3.35. The molecule has 0 aromatic carbocycles. The molecule has 0 unspecified atom stereocenters. The third kappa shape index (κ3) is 10.5. The fraction of sp³-hybridized carbons (Fsp3) is 1.00. The highest BCUT2D eigenvalue weighted by Gasteiger charge is 2.01. The molecule has 1 nitrogen and oxygen atoms in total. The van der Waals surface area contributed by atoms with Crippen molar-refractivity contribution in [2.45, 2.75) is 78.6 Å². The van der Waals surface area contributed by atoms with Gasteiger partial charge in [-0.15, -0.1) is 0 Å². The van der Waals surface area contributed by atoms with Crippen molar-refractivity contribution in [3.05, 3.63) is 0 Å². The molecule has 98 valence electrons. The Morgan fingerprint density at radius 1 is 0.562 bits per heavy atom. The topological polar surface area (TPSA) is 3.24 Å². The molecule has 16 heavy (non-hydrogen) atoms. The summed E-state index contributed by atoms with van der Waals surface area (Å²) < 4.78 is 0. The zero-order chi connectivity index (χ0) is 12.1. The molecule has 0 N–H and O–H groups in total. The lowest BCUT2D eigenvalue weighted by molar-refractivity contribution is 0.273. The highest BCUT2D eigenvalue weighted by molar-refractivity contribution is 4.56. The fourth-order valence-corrected chi connectivity index (χ4v) is 2.13. The summed E-state index contributed by atoms with van der Waals surface area (Å²) in [5.74, 6) is 0. The van der Waals surface area contributed by atoms with Crippen molar-refractivity contribution in [3.63, 3.8) is 0 Å². The van der Waals surface area contributed by atoms with Crippen LogP contribution in [-0.4, -0.2) is 24.5 Å². The van der Waals surface area contributed by atoms with Crippen LogP contribution in [0.2, 0.25) is 0 Å². The fourth-order valence-electron chi connectivity index (χ4n) is 2.13. The van der Waals surface area contributed by atoms with Crippen molar-refractivity contribution in [2.24, 2.45) is 0 Å². The van der Waals surface area contributed by atoms with Crippen molar-refractivity contribution in [3.8, 4) is 0 Å². The van der Waals surface area contributed by atoms with E-state index in [1.54, 1.807) is 0 Å². The van der Waals surface area contributed by atoms with Gasteiger partial charge in [0.05, 0.1) is 0 Å². The van der Waals surface area contributed by atoms with Gasteiger partial charge in [0.1, 0.15) is 0 Å². The maximum absolute atomic E-state index is 2.63. The van der Waals surface area contributed by atoms with Crippen molar-refractivity contribution >= 4 is 0 Å². The molecular weight excluding hydrogens is 194 g/mol. The summed E-state index contributed by atoms with van der Waals surface area (Å²) in [6.07, 6.45) is 12.6. The van der Waals surface area contributed by atoms with Gasteiger partial charge in [0.15, 0.2) is 0 Å². The van der Waals surface area contributed by atoms with Gasteiger partial charge >= 0.3 is 0 Å². The minimum atomic E-state index is 1.24. The Bertz CT molecular complexity index is 123. The van der Waals surface area contributed by atoms with E-state index in [0.717, 1.165) is 0 Å². The zero-order valence-electron chi connectivity index (χ0n) is 11.9. The van der Waals surface area contributed by atoms with Crippen LogP contribution in [-0.2, 0) is 0 Å². The van der Waals surface area contributed by atoms with E-state index in [2.05, 4.69) is 25.7 Å². The van der Waals surface area contributed by atoms with Crippen LogP contribution >= 0.6 is 0 Å². The van der Waals surface area contributed by atoms with Gasteiger partial charge in [-0.1, -0.05) is 65.7 Å². The monoisotopic (exact) mass is 227 g/mol. The Balaban J connectivity index is 3.29. The van der Waals surface area contributed by atoms with Gasteiger partial charge in [0, 0.05) is 0 Å². The lowest BCUT2D eigenvalue weighted by Gasteiger charge is -2.20. The first-order valence-electron chi connectivity index (χ1n) is 7.57. The van der Waals surface area contributed by atoms with E-state index in [1.165, 1.54) is 77.4 Å². The van der Waals surface area contributed by atoms with Gasteiger partial charge < -0.3 is 4.90 Å². The second-order valence-corrected chi connectivity index (χ2v) is 4.91. The molecule has 0 aliphatic rings. The van der Waals surface area contributed by atoms with Crippen molar-refractivity contribution in [1.82, 2.24) is 4.90 Å². The smallest absolute Gasteiger partial charge is 0.00189 e. The summed E-state index contributed by atoms with van der Waals surface area (Å²) in [4.78, 5) is 2.63. The van der Waals surface area contributed by atoms with Crippen molar-refractivity contribution in [1.29, 1.82) is 0 Å². The van der Waals surface area contributed by atoms with E-state index in [1.807, 2.05) is 0 Å². The molecule has 0 bridgehead atoms. The summed E-state index contributed by atoms with van der Waals surface area (Å²) in [5, 5.41) is 0. The zero-order valence-corrected chi connectivity index (χ0v) is 11.9. The molecule has 0 saturated heterocycles. The van der Waals surface area contributed by atoms with Gasteiger partial charge in [-0.05, 0) is 32.5 Å². The summed E-state index contributed by atoms with van der Waals surface area (Å²) >= 11 is 0. The number of hydrogen-bond acceptors (Lipinski definition) is 1. The molecule has 0 fully saturated rings. The molecule has 0 heterocycles. The quantitative estimate of drug-likeness (QED) is 0.430. The predicted octanol–water partition coefficient (Wildman–Crippen LogP) is 4.86. The number of hydrogen-bond donors (Lipinski definition) is 0.